The van der Waals surface area contributed by atoms with Crippen LogP contribution in [0.5, 0.6) is 0 Å². The van der Waals surface area contributed by atoms with Crippen LogP contribution < -0.4 is 5.43 Å². The van der Waals surface area contributed by atoms with Crippen molar-refractivity contribution in [3.8, 4) is 0 Å². The largest absolute Gasteiger partial charge is 0.450 e. The summed E-state index contributed by atoms with van der Waals surface area (Å²) in [5, 5.41) is 9.89. The lowest BCUT2D eigenvalue weighted by Gasteiger charge is -2.24. The van der Waals surface area contributed by atoms with Crippen molar-refractivity contribution in [1.82, 2.24) is 4.90 Å². The lowest BCUT2D eigenvalue weighted by atomic mass is 9.98. The number of carbonyl (C=O) groups is 1. The second kappa shape index (κ2) is 6.37. The first-order valence-corrected chi connectivity index (χ1v) is 9.05. The number of aryl methyl sites for hydroxylation is 1. The SMILES string of the molecule is Cc1ccc2oc3c(c(=O)c2c1)[C@@H](c1cccc(Br)c1)N(CCO)C3=O. The van der Waals surface area contributed by atoms with E-state index in [1.165, 1.54) is 4.90 Å². The van der Waals surface area contributed by atoms with E-state index >= 15 is 0 Å². The third kappa shape index (κ3) is 2.57. The van der Waals surface area contributed by atoms with E-state index in [1.54, 1.807) is 12.1 Å². The Labute approximate surface area is 158 Å². The fourth-order valence-electron chi connectivity index (χ4n) is 3.50. The minimum Gasteiger partial charge on any atom is -0.450 e. The zero-order valence-corrected chi connectivity index (χ0v) is 15.6. The van der Waals surface area contributed by atoms with Gasteiger partial charge in [0.15, 0.2) is 5.43 Å². The summed E-state index contributed by atoms with van der Waals surface area (Å²) in [6.07, 6.45) is 0. The Balaban J connectivity index is 2.03. The van der Waals surface area contributed by atoms with Gasteiger partial charge in [0, 0.05) is 11.0 Å². The summed E-state index contributed by atoms with van der Waals surface area (Å²) in [7, 11) is 0. The summed E-state index contributed by atoms with van der Waals surface area (Å²) < 4.78 is 6.67. The van der Waals surface area contributed by atoms with Gasteiger partial charge >= 0.3 is 0 Å². The number of aliphatic hydroxyl groups is 1. The zero-order chi connectivity index (χ0) is 18.4. The number of aliphatic hydroxyl groups excluding tert-OH is 1. The maximum atomic E-state index is 13.2. The van der Waals surface area contributed by atoms with E-state index in [4.69, 9.17) is 4.42 Å². The summed E-state index contributed by atoms with van der Waals surface area (Å²) in [6, 6.07) is 12.2. The van der Waals surface area contributed by atoms with Gasteiger partial charge in [0.25, 0.3) is 5.91 Å². The van der Waals surface area contributed by atoms with Crippen molar-refractivity contribution in [3.63, 3.8) is 0 Å². The molecule has 1 N–H and O–H groups in total. The molecule has 2 heterocycles. The van der Waals surface area contributed by atoms with Gasteiger partial charge in [-0.1, -0.05) is 39.7 Å². The third-order valence-electron chi connectivity index (χ3n) is 4.63. The van der Waals surface area contributed by atoms with Crippen molar-refractivity contribution < 1.29 is 14.3 Å². The molecule has 1 atom stereocenters. The third-order valence-corrected chi connectivity index (χ3v) is 5.12. The number of amides is 1. The Kier molecular flexibility index (Phi) is 4.17. The molecule has 5 nitrogen and oxygen atoms in total. The van der Waals surface area contributed by atoms with E-state index in [-0.39, 0.29) is 30.2 Å². The number of hydrogen-bond acceptors (Lipinski definition) is 4. The number of carbonyl (C=O) groups excluding carboxylic acids is 1. The molecule has 2 aromatic carbocycles. The van der Waals surface area contributed by atoms with Crippen LogP contribution in [0.4, 0.5) is 0 Å². The molecular formula is C20H16BrNO4. The average Bonchev–Trinajstić information content (AvgIpc) is 2.89. The van der Waals surface area contributed by atoms with Gasteiger partial charge in [-0.05, 0) is 36.8 Å². The molecule has 4 rings (SSSR count). The van der Waals surface area contributed by atoms with E-state index in [1.807, 2.05) is 37.3 Å². The molecule has 0 spiro atoms. The van der Waals surface area contributed by atoms with Gasteiger partial charge in [0.2, 0.25) is 5.76 Å². The van der Waals surface area contributed by atoms with Gasteiger partial charge in [-0.3, -0.25) is 9.59 Å². The van der Waals surface area contributed by atoms with E-state index in [0.29, 0.717) is 16.5 Å². The quantitative estimate of drug-likeness (QED) is 0.713. The van der Waals surface area contributed by atoms with Gasteiger partial charge in [-0.15, -0.1) is 0 Å². The molecule has 1 amide bonds. The number of rotatable bonds is 3. The molecule has 0 saturated carbocycles. The van der Waals surface area contributed by atoms with Crippen LogP contribution >= 0.6 is 15.9 Å². The van der Waals surface area contributed by atoms with Crippen molar-refractivity contribution in [1.29, 1.82) is 0 Å². The Bertz CT molecular complexity index is 1090. The summed E-state index contributed by atoms with van der Waals surface area (Å²) in [6.45, 7) is 1.83. The van der Waals surface area contributed by atoms with Crippen LogP contribution in [0.25, 0.3) is 11.0 Å². The molecule has 0 bridgehead atoms. The maximum absolute atomic E-state index is 13.2. The van der Waals surface area contributed by atoms with E-state index in [9.17, 15) is 14.7 Å². The molecule has 1 aromatic heterocycles. The number of fused-ring (bicyclic) bond motifs is 2. The van der Waals surface area contributed by atoms with Crippen molar-refractivity contribution in [2.24, 2.45) is 0 Å². The van der Waals surface area contributed by atoms with Crippen LogP contribution in [0.2, 0.25) is 0 Å². The fourth-order valence-corrected chi connectivity index (χ4v) is 3.91. The van der Waals surface area contributed by atoms with Gasteiger partial charge in [-0.2, -0.15) is 0 Å². The summed E-state index contributed by atoms with van der Waals surface area (Å²) in [5.74, 6) is -0.316. The number of nitrogens with zero attached hydrogens (tertiary/aromatic N) is 1. The van der Waals surface area contributed by atoms with Crippen molar-refractivity contribution in [2.75, 3.05) is 13.2 Å². The predicted octanol–water partition coefficient (Wildman–Crippen LogP) is 3.40. The summed E-state index contributed by atoms with van der Waals surface area (Å²) >= 11 is 3.44. The predicted molar refractivity (Wildman–Crippen MR) is 101 cm³/mol. The van der Waals surface area contributed by atoms with Gasteiger partial charge < -0.3 is 14.4 Å². The van der Waals surface area contributed by atoms with Crippen LogP contribution in [0.3, 0.4) is 0 Å². The van der Waals surface area contributed by atoms with Gasteiger partial charge in [0.05, 0.1) is 23.6 Å². The Hall–Kier alpha value is -2.44. The summed E-state index contributed by atoms with van der Waals surface area (Å²) in [5.41, 5.74) is 2.26. The molecule has 6 heteroatoms. The number of halogens is 1. The Morgan fingerprint density at radius 3 is 2.73 bits per heavy atom. The molecule has 0 unspecified atom stereocenters. The standard InChI is InChI=1S/C20H16BrNO4/c1-11-5-6-15-14(9-11)18(24)16-17(12-3-2-4-13(21)10-12)22(7-8-23)20(25)19(16)26-15/h2-6,9-10,17,23H,7-8H2,1H3/t17-/m1/s1. The molecule has 1 aliphatic rings. The molecule has 26 heavy (non-hydrogen) atoms. The highest BCUT2D eigenvalue weighted by Crippen LogP contribution is 2.38. The second-order valence-corrected chi connectivity index (χ2v) is 7.27. The highest BCUT2D eigenvalue weighted by molar-refractivity contribution is 9.10. The van der Waals surface area contributed by atoms with E-state index < -0.39 is 6.04 Å². The number of benzene rings is 2. The number of hydrogen-bond donors (Lipinski definition) is 1. The molecule has 3 aromatic rings. The molecule has 0 aliphatic carbocycles. The zero-order valence-electron chi connectivity index (χ0n) is 14.0. The van der Waals surface area contributed by atoms with E-state index in [0.717, 1.165) is 15.6 Å². The molecule has 0 radical (unpaired) electrons. The average molecular weight is 414 g/mol. The first-order chi connectivity index (χ1) is 12.5. The van der Waals surface area contributed by atoms with Gasteiger partial charge in [0.1, 0.15) is 5.58 Å². The van der Waals surface area contributed by atoms with Crippen LogP contribution in [-0.2, 0) is 0 Å². The molecule has 0 fully saturated rings. The minimum absolute atomic E-state index is 0.0600. The first kappa shape index (κ1) is 17.0. The van der Waals surface area contributed by atoms with Crippen LogP contribution in [-0.4, -0.2) is 29.1 Å². The Morgan fingerprint density at radius 2 is 2.00 bits per heavy atom. The first-order valence-electron chi connectivity index (χ1n) is 8.26. The van der Waals surface area contributed by atoms with Crippen molar-refractivity contribution >= 4 is 32.8 Å². The highest BCUT2D eigenvalue weighted by Gasteiger charge is 2.42. The second-order valence-electron chi connectivity index (χ2n) is 6.35. The van der Waals surface area contributed by atoms with E-state index in [2.05, 4.69) is 15.9 Å². The Morgan fingerprint density at radius 1 is 1.19 bits per heavy atom. The van der Waals surface area contributed by atoms with Gasteiger partial charge in [-0.25, -0.2) is 0 Å². The summed E-state index contributed by atoms with van der Waals surface area (Å²) in [4.78, 5) is 27.6. The van der Waals surface area contributed by atoms with Crippen molar-refractivity contribution in [3.05, 3.63) is 79.6 Å². The van der Waals surface area contributed by atoms with Crippen molar-refractivity contribution in [2.45, 2.75) is 13.0 Å². The van der Waals surface area contributed by atoms with Crippen LogP contribution in [0.1, 0.15) is 33.3 Å². The topological polar surface area (TPSA) is 70.8 Å². The minimum atomic E-state index is -0.580. The van der Waals surface area contributed by atoms with Crippen LogP contribution in [0, 0.1) is 6.92 Å². The lowest BCUT2D eigenvalue weighted by molar-refractivity contribution is 0.0691. The normalized spacial score (nSPS) is 16.3. The molecule has 1 aliphatic heterocycles. The lowest BCUT2D eigenvalue weighted by Crippen LogP contribution is -2.32. The highest BCUT2D eigenvalue weighted by atomic mass is 79.9. The number of β-amino-alcohol motifs (C(OH)–C–C–N with tert-alkyl or cyclic N) is 1. The van der Waals surface area contributed by atoms with Crippen LogP contribution in [0.15, 0.2) is 56.1 Å². The maximum Gasteiger partial charge on any atom is 0.290 e. The smallest absolute Gasteiger partial charge is 0.290 e. The molecule has 0 saturated heterocycles. The fraction of sp³-hybridized carbons (Fsp3) is 0.200. The molecule has 132 valence electrons. The molecular weight excluding hydrogens is 398 g/mol. The monoisotopic (exact) mass is 413 g/mol.